The van der Waals surface area contributed by atoms with E-state index >= 15 is 0 Å². The van der Waals surface area contributed by atoms with Gasteiger partial charge in [0.1, 0.15) is 0 Å². The summed E-state index contributed by atoms with van der Waals surface area (Å²) >= 11 is 0. The Morgan fingerprint density at radius 2 is 1.89 bits per heavy atom. The minimum absolute atomic E-state index is 0.203. The van der Waals surface area contributed by atoms with E-state index in [1.165, 1.54) is 7.05 Å². The van der Waals surface area contributed by atoms with E-state index in [0.29, 0.717) is 24.3 Å². The Morgan fingerprint density at radius 1 is 1.21 bits per heavy atom. The number of fused-ring (bicyclic) bond motifs is 1. The number of hydrogen-bond acceptors (Lipinski definition) is 4. The Labute approximate surface area is 112 Å². The van der Waals surface area contributed by atoms with Crippen molar-refractivity contribution in [1.82, 2.24) is 4.90 Å². The molecule has 0 atom stereocenters. The first-order chi connectivity index (χ1) is 9.00. The molecule has 0 aliphatic carbocycles. The highest BCUT2D eigenvalue weighted by Crippen LogP contribution is 2.24. The molecule has 1 aliphatic heterocycles. The Bertz CT molecular complexity index is 511. The summed E-state index contributed by atoms with van der Waals surface area (Å²) in [6, 6.07) is 5.21. The quantitative estimate of drug-likeness (QED) is 0.648. The number of imide groups is 1. The molecule has 0 radical (unpaired) electrons. The van der Waals surface area contributed by atoms with Crippen molar-refractivity contribution in [2.45, 2.75) is 20.0 Å². The lowest BCUT2D eigenvalue weighted by Gasteiger charge is -2.10. The predicted octanol–water partition coefficient (Wildman–Crippen LogP) is 1.75. The van der Waals surface area contributed by atoms with Crippen molar-refractivity contribution in [3.8, 4) is 0 Å². The van der Waals surface area contributed by atoms with E-state index in [0.717, 1.165) is 10.6 Å². The highest BCUT2D eigenvalue weighted by molar-refractivity contribution is 6.21. The van der Waals surface area contributed by atoms with Gasteiger partial charge in [0, 0.05) is 19.3 Å². The van der Waals surface area contributed by atoms with Crippen LogP contribution in [0.15, 0.2) is 18.2 Å². The Morgan fingerprint density at radius 3 is 2.58 bits per heavy atom. The molecular weight excluding hydrogens is 244 g/mol. The van der Waals surface area contributed by atoms with E-state index in [2.05, 4.69) is 5.32 Å². The van der Waals surface area contributed by atoms with Crippen molar-refractivity contribution >= 4 is 17.5 Å². The summed E-state index contributed by atoms with van der Waals surface area (Å²) in [7, 11) is 1.49. The Kier molecular flexibility index (Phi) is 3.85. The molecule has 19 heavy (non-hydrogen) atoms. The van der Waals surface area contributed by atoms with Crippen molar-refractivity contribution in [3.05, 3.63) is 29.3 Å². The van der Waals surface area contributed by atoms with E-state index in [9.17, 15) is 9.59 Å². The molecule has 5 heteroatoms. The van der Waals surface area contributed by atoms with Crippen LogP contribution in [0.2, 0.25) is 0 Å². The lowest BCUT2D eigenvalue weighted by molar-refractivity contribution is 0.0693. The fourth-order valence-corrected chi connectivity index (χ4v) is 1.96. The molecule has 0 saturated carbocycles. The first kappa shape index (κ1) is 13.5. The van der Waals surface area contributed by atoms with Crippen LogP contribution >= 0.6 is 0 Å². The Balaban J connectivity index is 2.03. The number of nitrogens with one attached hydrogen (secondary N) is 1. The molecule has 1 aromatic carbocycles. The molecule has 1 N–H and O–H groups in total. The lowest BCUT2D eigenvalue weighted by Crippen LogP contribution is -2.24. The summed E-state index contributed by atoms with van der Waals surface area (Å²) in [4.78, 5) is 24.7. The van der Waals surface area contributed by atoms with Gasteiger partial charge in [-0.3, -0.25) is 14.5 Å². The highest BCUT2D eigenvalue weighted by Gasteiger charge is 2.32. The van der Waals surface area contributed by atoms with Gasteiger partial charge in [0.2, 0.25) is 0 Å². The maximum absolute atomic E-state index is 11.8. The molecule has 1 heterocycles. The van der Waals surface area contributed by atoms with Crippen LogP contribution in [-0.2, 0) is 4.74 Å². The molecule has 0 spiro atoms. The maximum atomic E-state index is 11.8. The number of carbonyl (C=O) groups excluding carboxylic acids is 2. The third-order valence-corrected chi connectivity index (χ3v) is 2.97. The van der Waals surface area contributed by atoms with Crippen LogP contribution in [-0.4, -0.2) is 43.0 Å². The molecule has 2 amide bonds. The number of carbonyl (C=O) groups is 2. The van der Waals surface area contributed by atoms with Gasteiger partial charge in [0.25, 0.3) is 11.8 Å². The average molecular weight is 262 g/mol. The zero-order valence-electron chi connectivity index (χ0n) is 11.4. The fraction of sp³-hybridized carbons (Fsp3) is 0.429. The highest BCUT2D eigenvalue weighted by atomic mass is 16.5. The van der Waals surface area contributed by atoms with E-state index in [1.807, 2.05) is 13.8 Å². The summed E-state index contributed by atoms with van der Waals surface area (Å²) in [5.74, 6) is -0.489. The summed E-state index contributed by atoms with van der Waals surface area (Å²) in [6.45, 7) is 5.22. The van der Waals surface area contributed by atoms with Gasteiger partial charge < -0.3 is 10.1 Å². The molecule has 5 nitrogen and oxygen atoms in total. The number of nitrogens with zero attached hydrogens (tertiary/aromatic N) is 1. The number of anilines is 1. The second-order valence-corrected chi connectivity index (χ2v) is 4.78. The van der Waals surface area contributed by atoms with Crippen LogP contribution in [0.5, 0.6) is 0 Å². The molecule has 1 aliphatic rings. The third-order valence-electron chi connectivity index (χ3n) is 2.97. The lowest BCUT2D eigenvalue weighted by atomic mass is 10.1. The maximum Gasteiger partial charge on any atom is 0.261 e. The minimum atomic E-state index is -0.248. The summed E-state index contributed by atoms with van der Waals surface area (Å²) < 4.78 is 5.42. The first-order valence-electron chi connectivity index (χ1n) is 6.32. The van der Waals surface area contributed by atoms with Gasteiger partial charge in [-0.15, -0.1) is 0 Å². The van der Waals surface area contributed by atoms with E-state index in [-0.39, 0.29) is 17.9 Å². The van der Waals surface area contributed by atoms with Gasteiger partial charge in [-0.05, 0) is 32.0 Å². The van der Waals surface area contributed by atoms with E-state index in [1.54, 1.807) is 18.2 Å². The van der Waals surface area contributed by atoms with Crippen LogP contribution < -0.4 is 5.32 Å². The van der Waals surface area contributed by atoms with Crippen LogP contribution in [0.4, 0.5) is 5.69 Å². The average Bonchev–Trinajstić information content (AvgIpc) is 2.60. The summed E-state index contributed by atoms with van der Waals surface area (Å²) in [5, 5.41) is 3.17. The SMILES string of the molecule is CC(C)OCCNc1ccc2c(c1)C(=O)N(C)C2=O. The molecule has 0 aromatic heterocycles. The number of ether oxygens (including phenoxy) is 1. The van der Waals surface area contributed by atoms with Crippen molar-refractivity contribution < 1.29 is 14.3 Å². The van der Waals surface area contributed by atoms with Gasteiger partial charge in [-0.25, -0.2) is 0 Å². The van der Waals surface area contributed by atoms with Gasteiger partial charge in [-0.1, -0.05) is 0 Å². The molecular formula is C14H18N2O3. The second kappa shape index (κ2) is 5.40. The van der Waals surface area contributed by atoms with E-state index < -0.39 is 0 Å². The molecule has 1 aromatic rings. The van der Waals surface area contributed by atoms with E-state index in [4.69, 9.17) is 4.74 Å². The van der Waals surface area contributed by atoms with Crippen molar-refractivity contribution in [1.29, 1.82) is 0 Å². The molecule has 0 saturated heterocycles. The minimum Gasteiger partial charge on any atom is -0.383 e. The zero-order chi connectivity index (χ0) is 14.0. The van der Waals surface area contributed by atoms with Crippen LogP contribution in [0.1, 0.15) is 34.6 Å². The number of rotatable bonds is 5. The monoisotopic (exact) mass is 262 g/mol. The molecule has 0 unspecified atom stereocenters. The van der Waals surface area contributed by atoms with Crippen LogP contribution in [0.25, 0.3) is 0 Å². The third kappa shape index (κ3) is 2.76. The zero-order valence-corrected chi connectivity index (χ0v) is 11.4. The van der Waals surface area contributed by atoms with Gasteiger partial charge in [0.15, 0.2) is 0 Å². The van der Waals surface area contributed by atoms with Gasteiger partial charge in [0.05, 0.1) is 23.8 Å². The Hall–Kier alpha value is -1.88. The number of hydrogen-bond donors (Lipinski definition) is 1. The van der Waals surface area contributed by atoms with Gasteiger partial charge >= 0.3 is 0 Å². The molecule has 2 rings (SSSR count). The normalized spacial score (nSPS) is 14.2. The second-order valence-electron chi connectivity index (χ2n) is 4.78. The van der Waals surface area contributed by atoms with Crippen molar-refractivity contribution in [2.75, 3.05) is 25.5 Å². The molecule has 0 bridgehead atoms. The smallest absolute Gasteiger partial charge is 0.261 e. The topological polar surface area (TPSA) is 58.6 Å². The first-order valence-corrected chi connectivity index (χ1v) is 6.32. The van der Waals surface area contributed by atoms with Crippen molar-refractivity contribution in [2.24, 2.45) is 0 Å². The van der Waals surface area contributed by atoms with Crippen LogP contribution in [0.3, 0.4) is 0 Å². The van der Waals surface area contributed by atoms with Crippen LogP contribution in [0, 0.1) is 0 Å². The fourth-order valence-electron chi connectivity index (χ4n) is 1.96. The molecule has 0 fully saturated rings. The molecule has 102 valence electrons. The summed E-state index contributed by atoms with van der Waals surface area (Å²) in [5.41, 5.74) is 1.75. The largest absolute Gasteiger partial charge is 0.383 e. The summed E-state index contributed by atoms with van der Waals surface area (Å²) in [6.07, 6.45) is 0.203. The number of benzene rings is 1. The van der Waals surface area contributed by atoms with Crippen molar-refractivity contribution in [3.63, 3.8) is 0 Å². The van der Waals surface area contributed by atoms with Gasteiger partial charge in [-0.2, -0.15) is 0 Å². The predicted molar refractivity (Wildman–Crippen MR) is 72.4 cm³/mol. The standard InChI is InChI=1S/C14H18N2O3/c1-9(2)19-7-6-15-10-4-5-11-12(8-10)14(18)16(3)13(11)17/h4-5,8-9,15H,6-7H2,1-3H3. The number of amides is 2.